The molecule has 0 radical (unpaired) electrons. The van der Waals surface area contributed by atoms with Crippen LogP contribution in [0.5, 0.6) is 0 Å². The summed E-state index contributed by atoms with van der Waals surface area (Å²) >= 11 is 6.21. The molecule has 18 heavy (non-hydrogen) atoms. The van der Waals surface area contributed by atoms with Gasteiger partial charge in [0, 0.05) is 18.9 Å². The lowest BCUT2D eigenvalue weighted by Gasteiger charge is -2.18. The predicted octanol–water partition coefficient (Wildman–Crippen LogP) is 1.89. The van der Waals surface area contributed by atoms with Gasteiger partial charge in [0.15, 0.2) is 0 Å². The highest BCUT2D eigenvalue weighted by Crippen LogP contribution is 2.27. The van der Waals surface area contributed by atoms with E-state index in [9.17, 15) is 0 Å². The van der Waals surface area contributed by atoms with Gasteiger partial charge >= 0.3 is 0 Å². The van der Waals surface area contributed by atoms with E-state index in [1.54, 1.807) is 18.6 Å². The second-order valence-electron chi connectivity index (χ2n) is 3.98. The third-order valence-corrected chi connectivity index (χ3v) is 3.04. The Balaban J connectivity index is 2.41. The van der Waals surface area contributed by atoms with Crippen LogP contribution in [0, 0.1) is 0 Å². The molecule has 3 N–H and O–H groups in total. The van der Waals surface area contributed by atoms with Gasteiger partial charge in [0.25, 0.3) is 0 Å². The number of hydrogen-bond acceptors (Lipinski definition) is 4. The van der Waals surface area contributed by atoms with E-state index in [0.717, 1.165) is 24.2 Å². The smallest absolute Gasteiger partial charge is 0.0894 e. The summed E-state index contributed by atoms with van der Waals surface area (Å²) in [7, 11) is 0. The van der Waals surface area contributed by atoms with Gasteiger partial charge in [-0.3, -0.25) is 15.5 Å². The first-order chi connectivity index (χ1) is 8.77. The molecule has 0 saturated carbocycles. The second-order valence-corrected chi connectivity index (χ2v) is 4.39. The number of aryl methyl sites for hydroxylation is 1. The summed E-state index contributed by atoms with van der Waals surface area (Å²) in [6.45, 7) is 2.90. The summed E-state index contributed by atoms with van der Waals surface area (Å²) in [6, 6.07) is 3.63. The number of nitrogens with two attached hydrogens (primary N) is 1. The fourth-order valence-corrected chi connectivity index (χ4v) is 2.19. The summed E-state index contributed by atoms with van der Waals surface area (Å²) in [5, 5.41) is 4.89. The molecule has 2 aromatic rings. The maximum atomic E-state index is 6.21. The molecule has 2 rings (SSSR count). The molecule has 5 nitrogen and oxygen atoms in total. The van der Waals surface area contributed by atoms with Crippen molar-refractivity contribution in [2.45, 2.75) is 25.9 Å². The zero-order chi connectivity index (χ0) is 13.0. The van der Waals surface area contributed by atoms with Gasteiger partial charge in [-0.05, 0) is 24.1 Å². The summed E-state index contributed by atoms with van der Waals surface area (Å²) in [4.78, 5) is 4.00. The van der Waals surface area contributed by atoms with Crippen molar-refractivity contribution in [2.24, 2.45) is 5.84 Å². The molecular formula is C12H16ClN5. The highest BCUT2D eigenvalue weighted by atomic mass is 35.5. The second kappa shape index (κ2) is 5.95. The van der Waals surface area contributed by atoms with Gasteiger partial charge in [-0.25, -0.2) is 5.43 Å². The first kappa shape index (κ1) is 13.0. The monoisotopic (exact) mass is 265 g/mol. The number of halogens is 1. The van der Waals surface area contributed by atoms with E-state index < -0.39 is 0 Å². The zero-order valence-electron chi connectivity index (χ0n) is 10.2. The standard InChI is InChI=1S/C12H16ClN5/c1-2-7-18-12(10(13)8-16-18)11(17-14)9-3-5-15-6-4-9/h3-6,8,11,17H,2,7,14H2,1H3. The molecule has 0 aliphatic heterocycles. The molecule has 2 heterocycles. The Morgan fingerprint density at radius 2 is 2.17 bits per heavy atom. The first-order valence-corrected chi connectivity index (χ1v) is 6.23. The first-order valence-electron chi connectivity index (χ1n) is 5.85. The maximum absolute atomic E-state index is 6.21. The fraction of sp³-hybridized carbons (Fsp3) is 0.333. The molecule has 0 aliphatic carbocycles. The molecule has 0 fully saturated rings. The summed E-state index contributed by atoms with van der Waals surface area (Å²) < 4.78 is 1.88. The Labute approximate surface area is 111 Å². The van der Waals surface area contributed by atoms with Crippen LogP contribution in [0.3, 0.4) is 0 Å². The van der Waals surface area contributed by atoms with Crippen molar-refractivity contribution in [3.63, 3.8) is 0 Å². The van der Waals surface area contributed by atoms with Crippen LogP contribution in [-0.4, -0.2) is 14.8 Å². The van der Waals surface area contributed by atoms with Crippen LogP contribution in [0.25, 0.3) is 0 Å². The SMILES string of the molecule is CCCn1ncc(Cl)c1C(NN)c1ccncc1. The third kappa shape index (κ3) is 2.53. The van der Waals surface area contributed by atoms with E-state index in [0.29, 0.717) is 5.02 Å². The molecule has 0 saturated heterocycles. The van der Waals surface area contributed by atoms with Crippen molar-refractivity contribution in [2.75, 3.05) is 0 Å². The predicted molar refractivity (Wildman–Crippen MR) is 70.9 cm³/mol. The van der Waals surface area contributed by atoms with E-state index in [-0.39, 0.29) is 6.04 Å². The number of hydrazine groups is 1. The van der Waals surface area contributed by atoms with Gasteiger partial charge in [0.2, 0.25) is 0 Å². The van der Waals surface area contributed by atoms with Crippen molar-refractivity contribution in [1.29, 1.82) is 0 Å². The number of aromatic nitrogens is 3. The average molecular weight is 266 g/mol. The molecule has 0 spiro atoms. The van der Waals surface area contributed by atoms with Gasteiger partial charge in [0.05, 0.1) is 23.0 Å². The quantitative estimate of drug-likeness (QED) is 0.640. The largest absolute Gasteiger partial charge is 0.271 e. The average Bonchev–Trinajstić information content (AvgIpc) is 2.75. The molecule has 0 aliphatic rings. The van der Waals surface area contributed by atoms with E-state index >= 15 is 0 Å². The van der Waals surface area contributed by atoms with Gasteiger partial charge in [-0.15, -0.1) is 0 Å². The lowest BCUT2D eigenvalue weighted by molar-refractivity contribution is 0.521. The molecule has 1 unspecified atom stereocenters. The molecular weight excluding hydrogens is 250 g/mol. The van der Waals surface area contributed by atoms with Gasteiger partial charge < -0.3 is 0 Å². The minimum absolute atomic E-state index is 0.186. The molecule has 0 bridgehead atoms. The molecule has 6 heteroatoms. The van der Waals surface area contributed by atoms with E-state index in [1.807, 2.05) is 16.8 Å². The molecule has 0 aromatic carbocycles. The van der Waals surface area contributed by atoms with Crippen LogP contribution in [0.2, 0.25) is 5.02 Å². The summed E-state index contributed by atoms with van der Waals surface area (Å²) in [5.74, 6) is 5.66. The maximum Gasteiger partial charge on any atom is 0.0894 e. The van der Waals surface area contributed by atoms with E-state index in [4.69, 9.17) is 17.4 Å². The lowest BCUT2D eigenvalue weighted by Crippen LogP contribution is -2.31. The van der Waals surface area contributed by atoms with Crippen LogP contribution in [0.15, 0.2) is 30.7 Å². The minimum atomic E-state index is -0.186. The van der Waals surface area contributed by atoms with E-state index in [1.165, 1.54) is 0 Å². The van der Waals surface area contributed by atoms with Gasteiger partial charge in [-0.2, -0.15) is 5.10 Å². The topological polar surface area (TPSA) is 68.8 Å². The highest BCUT2D eigenvalue weighted by Gasteiger charge is 2.20. The Bertz CT molecular complexity index is 496. The zero-order valence-corrected chi connectivity index (χ0v) is 10.9. The van der Waals surface area contributed by atoms with Crippen molar-refractivity contribution in [3.05, 3.63) is 47.0 Å². The number of pyridine rings is 1. The molecule has 2 aromatic heterocycles. The van der Waals surface area contributed by atoms with Crippen LogP contribution in [-0.2, 0) is 6.54 Å². The van der Waals surface area contributed by atoms with Crippen molar-refractivity contribution in [3.8, 4) is 0 Å². The number of nitrogens with zero attached hydrogens (tertiary/aromatic N) is 3. The Hall–Kier alpha value is -1.43. The number of hydrogen-bond donors (Lipinski definition) is 2. The number of rotatable bonds is 5. The van der Waals surface area contributed by atoms with E-state index in [2.05, 4.69) is 22.4 Å². The van der Waals surface area contributed by atoms with Gasteiger partial charge in [0.1, 0.15) is 0 Å². The third-order valence-electron chi connectivity index (χ3n) is 2.75. The van der Waals surface area contributed by atoms with Gasteiger partial charge in [-0.1, -0.05) is 18.5 Å². The lowest BCUT2D eigenvalue weighted by atomic mass is 10.1. The van der Waals surface area contributed by atoms with Crippen LogP contribution < -0.4 is 11.3 Å². The summed E-state index contributed by atoms with van der Waals surface area (Å²) in [5.41, 5.74) is 4.68. The highest BCUT2D eigenvalue weighted by molar-refractivity contribution is 6.31. The molecule has 1 atom stereocenters. The molecule has 96 valence electrons. The van der Waals surface area contributed by atoms with Crippen molar-refractivity contribution < 1.29 is 0 Å². The van der Waals surface area contributed by atoms with Crippen LogP contribution in [0.4, 0.5) is 0 Å². The fourth-order valence-electron chi connectivity index (χ4n) is 1.94. The van der Waals surface area contributed by atoms with Crippen molar-refractivity contribution >= 4 is 11.6 Å². The van der Waals surface area contributed by atoms with Crippen LogP contribution in [0.1, 0.15) is 30.6 Å². The Morgan fingerprint density at radius 3 is 2.78 bits per heavy atom. The Kier molecular flexibility index (Phi) is 4.30. The van der Waals surface area contributed by atoms with Crippen LogP contribution >= 0.6 is 11.6 Å². The van der Waals surface area contributed by atoms with Crippen molar-refractivity contribution in [1.82, 2.24) is 20.2 Å². The normalized spacial score (nSPS) is 12.6. The minimum Gasteiger partial charge on any atom is -0.271 e. The molecule has 0 amide bonds. The Morgan fingerprint density at radius 1 is 1.44 bits per heavy atom. The summed E-state index contributed by atoms with van der Waals surface area (Å²) in [6.07, 6.45) is 6.10. The number of nitrogens with one attached hydrogen (secondary N) is 1.